The largest absolute Gasteiger partial charge is 0.294 e. The van der Waals surface area contributed by atoms with Crippen molar-refractivity contribution < 1.29 is 4.79 Å². The lowest BCUT2D eigenvalue weighted by molar-refractivity contribution is 0.0899. The van der Waals surface area contributed by atoms with Gasteiger partial charge in [0.1, 0.15) is 0 Å². The Hall–Kier alpha value is -0.630. The highest BCUT2D eigenvalue weighted by atomic mass is 32.1. The summed E-state index contributed by atoms with van der Waals surface area (Å²) in [5, 5.41) is 1.99. The van der Waals surface area contributed by atoms with E-state index < -0.39 is 0 Å². The monoisotopic (exact) mass is 210 g/mol. The zero-order chi connectivity index (χ0) is 10.9. The zero-order valence-electron chi connectivity index (χ0n) is 9.55. The molecule has 0 aliphatic heterocycles. The minimum Gasteiger partial charge on any atom is -0.294 e. The van der Waals surface area contributed by atoms with Crippen LogP contribution in [0.1, 0.15) is 41.6 Å². The minimum absolute atomic E-state index is 0.127. The first-order chi connectivity index (χ1) is 6.45. The first-order valence-electron chi connectivity index (χ1n) is 5.04. The van der Waals surface area contributed by atoms with Gasteiger partial charge in [-0.1, -0.05) is 20.8 Å². The van der Waals surface area contributed by atoms with Crippen LogP contribution in [0.5, 0.6) is 0 Å². The number of ketones is 1. The normalized spacial score (nSPS) is 13.3. The van der Waals surface area contributed by atoms with Crippen LogP contribution in [0.3, 0.4) is 0 Å². The van der Waals surface area contributed by atoms with Crippen LogP contribution >= 0.6 is 11.3 Å². The molecular weight excluding hydrogens is 192 g/mol. The Morgan fingerprint density at radius 3 is 2.21 bits per heavy atom. The smallest absolute Gasteiger partial charge is 0.167 e. The average Bonchev–Trinajstić information content (AvgIpc) is 2.45. The van der Waals surface area contributed by atoms with Gasteiger partial charge in [-0.3, -0.25) is 4.79 Å². The average molecular weight is 210 g/mol. The minimum atomic E-state index is 0.127. The molecule has 0 amide bonds. The summed E-state index contributed by atoms with van der Waals surface area (Å²) in [6.45, 7) is 10.3. The molecule has 2 heteroatoms. The standard InChI is InChI=1S/C12H18OS/c1-7(2)8(3)12(13)11-6-14-10(5)9(11)4/h6-8H,1-5H3. The van der Waals surface area contributed by atoms with E-state index in [4.69, 9.17) is 0 Å². The number of rotatable bonds is 3. The van der Waals surface area contributed by atoms with Gasteiger partial charge in [0.15, 0.2) is 5.78 Å². The van der Waals surface area contributed by atoms with Crippen LogP contribution in [-0.4, -0.2) is 5.78 Å². The number of thiophene rings is 1. The van der Waals surface area contributed by atoms with Gasteiger partial charge in [0, 0.05) is 21.7 Å². The number of carbonyl (C=O) groups is 1. The van der Waals surface area contributed by atoms with Gasteiger partial charge in [0.2, 0.25) is 0 Å². The Bertz CT molecular complexity index is 336. The fourth-order valence-corrected chi connectivity index (χ4v) is 2.18. The van der Waals surface area contributed by atoms with E-state index in [2.05, 4.69) is 20.8 Å². The molecular formula is C12H18OS. The van der Waals surface area contributed by atoms with Gasteiger partial charge in [-0.15, -0.1) is 11.3 Å². The molecule has 0 N–H and O–H groups in total. The maximum Gasteiger partial charge on any atom is 0.167 e. The highest BCUT2D eigenvalue weighted by Gasteiger charge is 2.21. The second-order valence-corrected chi connectivity index (χ2v) is 5.31. The molecule has 0 saturated heterocycles. The molecule has 0 aromatic carbocycles. The van der Waals surface area contributed by atoms with E-state index in [1.165, 1.54) is 4.88 Å². The molecule has 14 heavy (non-hydrogen) atoms. The van der Waals surface area contributed by atoms with Crippen molar-refractivity contribution in [2.24, 2.45) is 11.8 Å². The molecule has 1 atom stereocenters. The summed E-state index contributed by atoms with van der Waals surface area (Å²) in [4.78, 5) is 13.3. The van der Waals surface area contributed by atoms with Gasteiger partial charge >= 0.3 is 0 Å². The third kappa shape index (κ3) is 2.06. The van der Waals surface area contributed by atoms with Crippen LogP contribution in [0.15, 0.2) is 5.38 Å². The fourth-order valence-electron chi connectivity index (χ4n) is 1.30. The summed E-state index contributed by atoms with van der Waals surface area (Å²) < 4.78 is 0. The van der Waals surface area contributed by atoms with Crippen LogP contribution in [0.25, 0.3) is 0 Å². The Labute approximate surface area is 90.2 Å². The molecule has 0 aliphatic rings. The predicted octanol–water partition coefficient (Wildman–Crippen LogP) is 3.84. The summed E-state index contributed by atoms with van der Waals surface area (Å²) in [7, 11) is 0. The molecule has 0 aliphatic carbocycles. The van der Waals surface area contributed by atoms with E-state index >= 15 is 0 Å². The van der Waals surface area contributed by atoms with Crippen LogP contribution < -0.4 is 0 Å². The highest BCUT2D eigenvalue weighted by molar-refractivity contribution is 7.10. The van der Waals surface area contributed by atoms with Crippen molar-refractivity contribution in [1.29, 1.82) is 0 Å². The molecule has 0 radical (unpaired) electrons. The van der Waals surface area contributed by atoms with Crippen molar-refractivity contribution in [2.75, 3.05) is 0 Å². The van der Waals surface area contributed by atoms with E-state index in [9.17, 15) is 4.79 Å². The first kappa shape index (κ1) is 11.4. The van der Waals surface area contributed by atoms with Crippen LogP contribution in [-0.2, 0) is 0 Å². The lowest BCUT2D eigenvalue weighted by Crippen LogP contribution is -2.17. The summed E-state index contributed by atoms with van der Waals surface area (Å²) >= 11 is 1.67. The number of hydrogen-bond acceptors (Lipinski definition) is 2. The lowest BCUT2D eigenvalue weighted by Gasteiger charge is -2.13. The Balaban J connectivity index is 2.95. The molecule has 1 nitrogen and oxygen atoms in total. The highest BCUT2D eigenvalue weighted by Crippen LogP contribution is 2.25. The summed E-state index contributed by atoms with van der Waals surface area (Å²) in [5.41, 5.74) is 2.08. The summed E-state index contributed by atoms with van der Waals surface area (Å²) in [6, 6.07) is 0. The van der Waals surface area contributed by atoms with Gasteiger partial charge in [0.25, 0.3) is 0 Å². The first-order valence-corrected chi connectivity index (χ1v) is 5.92. The lowest BCUT2D eigenvalue weighted by atomic mass is 9.89. The molecule has 1 unspecified atom stereocenters. The van der Waals surface area contributed by atoms with Crippen molar-refractivity contribution in [3.05, 3.63) is 21.4 Å². The fraction of sp³-hybridized carbons (Fsp3) is 0.583. The second-order valence-electron chi connectivity index (χ2n) is 4.23. The number of aryl methyl sites for hydroxylation is 1. The molecule has 1 rings (SSSR count). The van der Waals surface area contributed by atoms with E-state index in [1.54, 1.807) is 11.3 Å². The van der Waals surface area contributed by atoms with Crippen molar-refractivity contribution >= 4 is 17.1 Å². The number of carbonyl (C=O) groups excluding carboxylic acids is 1. The van der Waals surface area contributed by atoms with Crippen LogP contribution in [0, 0.1) is 25.7 Å². The SMILES string of the molecule is Cc1scc(C(=O)C(C)C(C)C)c1C. The Morgan fingerprint density at radius 2 is 1.86 bits per heavy atom. The molecule has 0 fully saturated rings. The van der Waals surface area contributed by atoms with Gasteiger partial charge in [-0.05, 0) is 25.3 Å². The zero-order valence-corrected chi connectivity index (χ0v) is 10.4. The van der Waals surface area contributed by atoms with Gasteiger partial charge in [-0.2, -0.15) is 0 Å². The third-order valence-electron chi connectivity index (χ3n) is 2.96. The second kappa shape index (κ2) is 4.26. The van der Waals surface area contributed by atoms with Crippen molar-refractivity contribution in [3.63, 3.8) is 0 Å². The van der Waals surface area contributed by atoms with Crippen molar-refractivity contribution in [1.82, 2.24) is 0 Å². The molecule has 1 heterocycles. The Morgan fingerprint density at radius 1 is 1.29 bits per heavy atom. The quantitative estimate of drug-likeness (QED) is 0.693. The van der Waals surface area contributed by atoms with Gasteiger partial charge < -0.3 is 0 Å². The molecule has 78 valence electrons. The summed E-state index contributed by atoms with van der Waals surface area (Å²) in [5.74, 6) is 0.839. The molecule has 0 bridgehead atoms. The van der Waals surface area contributed by atoms with Gasteiger partial charge in [0.05, 0.1) is 0 Å². The summed E-state index contributed by atoms with van der Waals surface area (Å²) in [6.07, 6.45) is 0. The van der Waals surface area contributed by atoms with E-state index in [0.717, 1.165) is 11.1 Å². The molecule has 1 aromatic rings. The van der Waals surface area contributed by atoms with Crippen LogP contribution in [0.2, 0.25) is 0 Å². The molecule has 0 saturated carbocycles. The van der Waals surface area contributed by atoms with E-state index in [-0.39, 0.29) is 5.92 Å². The Kier molecular flexibility index (Phi) is 3.48. The van der Waals surface area contributed by atoms with Crippen molar-refractivity contribution in [3.8, 4) is 0 Å². The van der Waals surface area contributed by atoms with Gasteiger partial charge in [-0.25, -0.2) is 0 Å². The predicted molar refractivity (Wildman–Crippen MR) is 62.1 cm³/mol. The van der Waals surface area contributed by atoms with E-state index in [0.29, 0.717) is 11.7 Å². The number of Topliss-reactive ketones (excluding diaryl/α,β-unsaturated/α-hetero) is 1. The maximum atomic E-state index is 12.0. The maximum absolute atomic E-state index is 12.0. The third-order valence-corrected chi connectivity index (χ3v) is 3.98. The van der Waals surface area contributed by atoms with E-state index in [1.807, 2.05) is 19.2 Å². The number of hydrogen-bond donors (Lipinski definition) is 0. The van der Waals surface area contributed by atoms with Crippen LogP contribution in [0.4, 0.5) is 0 Å². The topological polar surface area (TPSA) is 17.1 Å². The van der Waals surface area contributed by atoms with Crippen molar-refractivity contribution in [2.45, 2.75) is 34.6 Å². The molecule has 0 spiro atoms. The molecule has 1 aromatic heterocycles.